The molecule has 2 aromatic rings. The van der Waals surface area contributed by atoms with Crippen molar-refractivity contribution in [2.75, 3.05) is 18.5 Å². The van der Waals surface area contributed by atoms with Gasteiger partial charge in [0, 0.05) is 30.3 Å². The molecule has 1 heterocycles. The molecule has 0 bridgehead atoms. The first-order chi connectivity index (χ1) is 10.1. The van der Waals surface area contributed by atoms with Crippen LogP contribution in [-0.4, -0.2) is 18.6 Å². The first kappa shape index (κ1) is 16.0. The summed E-state index contributed by atoms with van der Waals surface area (Å²) >= 11 is 3.46. The molecule has 3 nitrogen and oxygen atoms in total. The lowest BCUT2D eigenvalue weighted by Gasteiger charge is -2.19. The maximum Gasteiger partial charge on any atom is 0.128 e. The second-order valence-corrected chi connectivity index (χ2v) is 6.13. The van der Waals surface area contributed by atoms with Crippen LogP contribution in [0.15, 0.2) is 47.1 Å². The van der Waals surface area contributed by atoms with Gasteiger partial charge in [-0.3, -0.25) is 0 Å². The van der Waals surface area contributed by atoms with Crippen molar-refractivity contribution in [1.82, 2.24) is 10.3 Å². The summed E-state index contributed by atoms with van der Waals surface area (Å²) in [6, 6.07) is 13.0. The average Bonchev–Trinajstić information content (AvgIpc) is 2.50. The summed E-state index contributed by atoms with van der Waals surface area (Å²) in [5.74, 6) is 0.991. The minimum Gasteiger partial charge on any atom is -0.355 e. The van der Waals surface area contributed by atoms with Crippen LogP contribution < -0.4 is 10.2 Å². The summed E-state index contributed by atoms with van der Waals surface area (Å²) in [6.07, 6.45) is 1.96. The molecule has 0 aliphatic carbocycles. The molecule has 0 saturated heterocycles. The summed E-state index contributed by atoms with van der Waals surface area (Å²) in [7, 11) is 2.07. The smallest absolute Gasteiger partial charge is 0.128 e. The number of hydrogen-bond donors (Lipinski definition) is 1. The molecule has 0 fully saturated rings. The van der Waals surface area contributed by atoms with Gasteiger partial charge in [-0.1, -0.05) is 41.1 Å². The molecule has 0 amide bonds. The fourth-order valence-electron chi connectivity index (χ4n) is 2.25. The molecule has 4 heteroatoms. The van der Waals surface area contributed by atoms with E-state index in [0.717, 1.165) is 23.4 Å². The Kier molecular flexibility index (Phi) is 5.76. The van der Waals surface area contributed by atoms with Gasteiger partial charge in [0.2, 0.25) is 0 Å². The Morgan fingerprint density at radius 3 is 2.48 bits per heavy atom. The molecule has 0 saturated carbocycles. The molecule has 1 unspecified atom stereocenters. The van der Waals surface area contributed by atoms with Crippen LogP contribution >= 0.6 is 15.9 Å². The van der Waals surface area contributed by atoms with Crippen LogP contribution in [-0.2, 0) is 6.54 Å². The molecule has 0 aliphatic heterocycles. The Bertz CT molecular complexity index is 551. The van der Waals surface area contributed by atoms with Crippen molar-refractivity contribution in [3.05, 3.63) is 58.2 Å². The zero-order chi connectivity index (χ0) is 15.2. The summed E-state index contributed by atoms with van der Waals surface area (Å²) in [6.45, 7) is 6.09. The van der Waals surface area contributed by atoms with E-state index in [0.29, 0.717) is 6.04 Å². The molecule has 1 aromatic heterocycles. The van der Waals surface area contributed by atoms with Gasteiger partial charge in [0.15, 0.2) is 0 Å². The molecule has 1 N–H and O–H groups in total. The lowest BCUT2D eigenvalue weighted by Crippen LogP contribution is -2.20. The van der Waals surface area contributed by atoms with E-state index < -0.39 is 0 Å². The van der Waals surface area contributed by atoms with Gasteiger partial charge < -0.3 is 10.2 Å². The normalized spacial score (nSPS) is 12.2. The fraction of sp³-hybridized carbons (Fsp3) is 0.353. The van der Waals surface area contributed by atoms with E-state index in [9.17, 15) is 0 Å². The molecule has 1 atom stereocenters. The van der Waals surface area contributed by atoms with Gasteiger partial charge in [-0.05, 0) is 42.8 Å². The van der Waals surface area contributed by atoms with E-state index in [1.54, 1.807) is 0 Å². The maximum atomic E-state index is 4.57. The van der Waals surface area contributed by atoms with Crippen molar-refractivity contribution < 1.29 is 0 Å². The monoisotopic (exact) mass is 347 g/mol. The third kappa shape index (κ3) is 4.55. The van der Waals surface area contributed by atoms with E-state index in [4.69, 9.17) is 0 Å². The molecule has 0 spiro atoms. The Labute approximate surface area is 135 Å². The van der Waals surface area contributed by atoms with Gasteiger partial charge >= 0.3 is 0 Å². The van der Waals surface area contributed by atoms with Crippen LogP contribution in [0.5, 0.6) is 0 Å². The van der Waals surface area contributed by atoms with Crippen LogP contribution in [0.2, 0.25) is 0 Å². The number of aromatic nitrogens is 1. The molecule has 112 valence electrons. The van der Waals surface area contributed by atoms with E-state index in [-0.39, 0.29) is 0 Å². The molecule has 0 aliphatic rings. The molecule has 0 radical (unpaired) electrons. The molecule has 1 aromatic carbocycles. The van der Waals surface area contributed by atoms with Crippen LogP contribution in [0.25, 0.3) is 0 Å². The lowest BCUT2D eigenvalue weighted by molar-refractivity contribution is 0.596. The van der Waals surface area contributed by atoms with Crippen molar-refractivity contribution in [1.29, 1.82) is 0 Å². The van der Waals surface area contributed by atoms with Crippen LogP contribution in [0.3, 0.4) is 0 Å². The highest BCUT2D eigenvalue weighted by molar-refractivity contribution is 9.10. The predicted octanol–water partition coefficient (Wildman–Crippen LogP) is 4.15. The summed E-state index contributed by atoms with van der Waals surface area (Å²) in [5.41, 5.74) is 2.49. The number of benzene rings is 1. The van der Waals surface area contributed by atoms with Crippen molar-refractivity contribution in [2.45, 2.75) is 26.4 Å². The average molecular weight is 348 g/mol. The minimum absolute atomic E-state index is 0.341. The highest BCUT2D eigenvalue weighted by Crippen LogP contribution is 2.18. The van der Waals surface area contributed by atoms with E-state index in [2.05, 4.69) is 88.4 Å². The Balaban J connectivity index is 2.02. The first-order valence-electron chi connectivity index (χ1n) is 7.25. The first-order valence-corrected chi connectivity index (χ1v) is 8.04. The Morgan fingerprint density at radius 1 is 1.19 bits per heavy atom. The zero-order valence-corrected chi connectivity index (χ0v) is 14.4. The van der Waals surface area contributed by atoms with E-state index in [1.165, 1.54) is 11.1 Å². The number of rotatable bonds is 6. The van der Waals surface area contributed by atoms with Gasteiger partial charge in [0.25, 0.3) is 0 Å². The van der Waals surface area contributed by atoms with Crippen molar-refractivity contribution in [3.63, 3.8) is 0 Å². The molecule has 2 rings (SSSR count). The van der Waals surface area contributed by atoms with E-state index >= 15 is 0 Å². The quantitative estimate of drug-likeness (QED) is 0.850. The van der Waals surface area contributed by atoms with Crippen molar-refractivity contribution in [2.24, 2.45) is 0 Å². The van der Waals surface area contributed by atoms with Gasteiger partial charge in [-0.2, -0.15) is 0 Å². The van der Waals surface area contributed by atoms with Gasteiger partial charge in [0.1, 0.15) is 5.82 Å². The number of pyridine rings is 1. The van der Waals surface area contributed by atoms with Gasteiger partial charge in [-0.25, -0.2) is 4.98 Å². The molecular weight excluding hydrogens is 326 g/mol. The predicted molar refractivity (Wildman–Crippen MR) is 92.6 cm³/mol. The fourth-order valence-corrected chi connectivity index (χ4v) is 2.51. The van der Waals surface area contributed by atoms with Crippen LogP contribution in [0.4, 0.5) is 5.82 Å². The topological polar surface area (TPSA) is 28.2 Å². The second-order valence-electron chi connectivity index (χ2n) is 5.21. The third-order valence-electron chi connectivity index (χ3n) is 3.51. The summed E-state index contributed by atoms with van der Waals surface area (Å²) in [5, 5.41) is 3.40. The van der Waals surface area contributed by atoms with Gasteiger partial charge in [0.05, 0.1) is 0 Å². The number of anilines is 1. The number of nitrogens with zero attached hydrogens (tertiary/aromatic N) is 2. The summed E-state index contributed by atoms with van der Waals surface area (Å²) < 4.78 is 1.11. The third-order valence-corrected chi connectivity index (χ3v) is 4.03. The molecule has 21 heavy (non-hydrogen) atoms. The Morgan fingerprint density at radius 2 is 1.90 bits per heavy atom. The number of halogens is 1. The largest absolute Gasteiger partial charge is 0.355 e. The maximum absolute atomic E-state index is 4.57. The van der Waals surface area contributed by atoms with Crippen LogP contribution in [0, 0.1) is 0 Å². The number of hydrogen-bond acceptors (Lipinski definition) is 3. The van der Waals surface area contributed by atoms with Gasteiger partial charge in [-0.15, -0.1) is 0 Å². The molecular formula is C17H22BrN3. The second kappa shape index (κ2) is 7.57. The summed E-state index contributed by atoms with van der Waals surface area (Å²) in [4.78, 5) is 6.73. The minimum atomic E-state index is 0.341. The Hall–Kier alpha value is -1.39. The SMILES string of the molecule is CCNC(C)c1ccc(N(C)Cc2ccc(Br)cc2)nc1. The van der Waals surface area contributed by atoms with E-state index in [1.807, 2.05) is 6.20 Å². The number of nitrogens with one attached hydrogen (secondary N) is 1. The standard InChI is InChI=1S/C17H22BrN3/c1-4-19-13(2)15-7-10-17(20-11-15)21(3)12-14-5-8-16(18)9-6-14/h5-11,13,19H,4,12H2,1-3H3. The van der Waals surface area contributed by atoms with Crippen LogP contribution in [0.1, 0.15) is 31.0 Å². The lowest BCUT2D eigenvalue weighted by atomic mass is 10.1. The zero-order valence-electron chi connectivity index (χ0n) is 12.8. The van der Waals surface area contributed by atoms with Crippen molar-refractivity contribution >= 4 is 21.7 Å². The highest BCUT2D eigenvalue weighted by atomic mass is 79.9. The van der Waals surface area contributed by atoms with Crippen molar-refractivity contribution in [3.8, 4) is 0 Å². The highest BCUT2D eigenvalue weighted by Gasteiger charge is 2.07.